The van der Waals surface area contributed by atoms with Crippen molar-refractivity contribution >= 4 is 24.7 Å². The number of esters is 1. The average molecular weight is 651 g/mol. The summed E-state index contributed by atoms with van der Waals surface area (Å²) in [6.07, 6.45) is -4.81. The molecule has 1 atom stereocenters. The van der Waals surface area contributed by atoms with E-state index in [1.54, 1.807) is 60.7 Å². The molecule has 0 heterocycles. The Morgan fingerprint density at radius 3 is 1.57 bits per heavy atom. The molecule has 0 saturated carbocycles. The maximum Gasteiger partial charge on any atom is 0.430 e. The lowest BCUT2D eigenvalue weighted by Gasteiger charge is -2.43. The van der Waals surface area contributed by atoms with E-state index in [4.69, 9.17) is 18.6 Å². The van der Waals surface area contributed by atoms with Crippen LogP contribution < -0.4 is 10.4 Å². The standard InChI is InChI=1S/C37H41F3O5Si/c1-35(2,3)46(32-21-12-6-13-22-32,33-23-14-7-15-24-33)45-26-16-25-42-29-36(37(38,39)40,44-28-31-19-10-5-11-20-31)34(41)43-27-30-17-8-4-9-18-30/h4-15,17-24H,16,25-29H2,1-3H3. The zero-order valence-electron chi connectivity index (χ0n) is 26.5. The van der Waals surface area contributed by atoms with Crippen molar-refractivity contribution in [3.63, 3.8) is 0 Å². The van der Waals surface area contributed by atoms with Gasteiger partial charge in [-0.2, -0.15) is 13.2 Å². The Balaban J connectivity index is 1.49. The molecule has 4 aromatic carbocycles. The lowest BCUT2D eigenvalue weighted by atomic mass is 10.0. The predicted octanol–water partition coefficient (Wildman–Crippen LogP) is 7.23. The van der Waals surface area contributed by atoms with E-state index in [0.717, 1.165) is 10.4 Å². The number of alkyl halides is 3. The van der Waals surface area contributed by atoms with Crippen LogP contribution in [0.25, 0.3) is 0 Å². The zero-order valence-corrected chi connectivity index (χ0v) is 27.5. The monoisotopic (exact) mass is 650 g/mol. The highest BCUT2D eigenvalue weighted by atomic mass is 28.4. The normalized spacial score (nSPS) is 13.6. The molecule has 0 spiro atoms. The maximum absolute atomic E-state index is 14.8. The third-order valence-electron chi connectivity index (χ3n) is 7.80. The van der Waals surface area contributed by atoms with E-state index in [1.807, 2.05) is 36.4 Å². The molecule has 0 fully saturated rings. The van der Waals surface area contributed by atoms with Gasteiger partial charge in [0.2, 0.25) is 0 Å². The lowest BCUT2D eigenvalue weighted by molar-refractivity contribution is -0.293. The van der Waals surface area contributed by atoms with E-state index in [0.29, 0.717) is 17.5 Å². The summed E-state index contributed by atoms with van der Waals surface area (Å²) in [6.45, 7) is 4.76. The van der Waals surface area contributed by atoms with Gasteiger partial charge in [0.25, 0.3) is 13.9 Å². The van der Waals surface area contributed by atoms with Gasteiger partial charge in [-0.3, -0.25) is 0 Å². The van der Waals surface area contributed by atoms with Crippen LogP contribution >= 0.6 is 0 Å². The fraction of sp³-hybridized carbons (Fsp3) is 0.324. The summed E-state index contributed by atoms with van der Waals surface area (Å²) in [5, 5.41) is 1.94. The summed E-state index contributed by atoms with van der Waals surface area (Å²) in [6, 6.07) is 37.0. The molecule has 5 nitrogen and oxygen atoms in total. The molecule has 1 unspecified atom stereocenters. The molecule has 0 aliphatic rings. The molecule has 0 aromatic heterocycles. The van der Waals surface area contributed by atoms with Crippen molar-refractivity contribution in [2.24, 2.45) is 0 Å². The van der Waals surface area contributed by atoms with Crippen LogP contribution in [0.3, 0.4) is 0 Å². The van der Waals surface area contributed by atoms with Crippen molar-refractivity contribution in [3.8, 4) is 0 Å². The fourth-order valence-corrected chi connectivity index (χ4v) is 10.0. The summed E-state index contributed by atoms with van der Waals surface area (Å²) in [5.74, 6) is -1.55. The van der Waals surface area contributed by atoms with E-state index in [-0.39, 0.29) is 24.9 Å². The van der Waals surface area contributed by atoms with Gasteiger partial charge < -0.3 is 18.6 Å². The van der Waals surface area contributed by atoms with Gasteiger partial charge in [0, 0.05) is 13.2 Å². The Morgan fingerprint density at radius 2 is 1.11 bits per heavy atom. The van der Waals surface area contributed by atoms with Gasteiger partial charge in [0.15, 0.2) is 0 Å². The molecule has 4 rings (SSSR count). The SMILES string of the molecule is CC(C)(C)[Si](OCCCOCC(OCc1ccccc1)(C(=O)OCc1ccccc1)C(F)(F)F)(c1ccccc1)c1ccccc1. The van der Waals surface area contributed by atoms with E-state index in [1.165, 1.54) is 0 Å². The van der Waals surface area contributed by atoms with E-state index < -0.39 is 39.3 Å². The minimum absolute atomic E-state index is 0.0866. The number of rotatable bonds is 15. The topological polar surface area (TPSA) is 54.0 Å². The van der Waals surface area contributed by atoms with Gasteiger partial charge >= 0.3 is 12.1 Å². The van der Waals surface area contributed by atoms with Gasteiger partial charge in [0.05, 0.1) is 13.2 Å². The van der Waals surface area contributed by atoms with Crippen LogP contribution in [0.5, 0.6) is 0 Å². The van der Waals surface area contributed by atoms with Gasteiger partial charge in [-0.1, -0.05) is 142 Å². The van der Waals surface area contributed by atoms with Gasteiger partial charge in [-0.25, -0.2) is 4.79 Å². The Labute approximate surface area is 270 Å². The summed E-state index contributed by atoms with van der Waals surface area (Å²) in [5.41, 5.74) is -2.29. The third kappa shape index (κ3) is 8.33. The number of halogens is 3. The Morgan fingerprint density at radius 1 is 0.652 bits per heavy atom. The average Bonchev–Trinajstić information content (AvgIpc) is 3.05. The second-order valence-corrected chi connectivity index (χ2v) is 16.4. The molecule has 0 amide bonds. The molecule has 0 saturated heterocycles. The first-order valence-electron chi connectivity index (χ1n) is 15.3. The highest BCUT2D eigenvalue weighted by molar-refractivity contribution is 6.99. The fourth-order valence-electron chi connectivity index (χ4n) is 5.42. The highest BCUT2D eigenvalue weighted by Gasteiger charge is 2.64. The van der Waals surface area contributed by atoms with Crippen molar-refractivity contribution in [2.45, 2.75) is 57.2 Å². The number of hydrogen-bond acceptors (Lipinski definition) is 5. The molecule has 244 valence electrons. The Hall–Kier alpha value is -3.76. The molecular weight excluding hydrogens is 609 g/mol. The first kappa shape index (κ1) is 35.1. The number of carbonyl (C=O) groups is 1. The van der Waals surface area contributed by atoms with Crippen LogP contribution in [0.4, 0.5) is 13.2 Å². The molecular formula is C37H41F3O5Si. The molecule has 4 aromatic rings. The minimum Gasteiger partial charge on any atom is -0.458 e. The van der Waals surface area contributed by atoms with Crippen LogP contribution in [-0.2, 0) is 36.6 Å². The summed E-state index contributed by atoms with van der Waals surface area (Å²) in [7, 11) is -2.82. The minimum atomic E-state index is -5.11. The number of hydrogen-bond donors (Lipinski definition) is 0. The highest BCUT2D eigenvalue weighted by Crippen LogP contribution is 2.38. The molecule has 9 heteroatoms. The molecule has 0 radical (unpaired) electrons. The summed E-state index contributed by atoms with van der Waals surface area (Å²) >= 11 is 0. The van der Waals surface area contributed by atoms with Crippen molar-refractivity contribution in [1.82, 2.24) is 0 Å². The van der Waals surface area contributed by atoms with Crippen molar-refractivity contribution in [2.75, 3.05) is 19.8 Å². The van der Waals surface area contributed by atoms with E-state index in [9.17, 15) is 18.0 Å². The molecule has 46 heavy (non-hydrogen) atoms. The molecule has 0 bridgehead atoms. The second kappa shape index (κ2) is 15.7. The number of benzene rings is 4. The lowest BCUT2D eigenvalue weighted by Crippen LogP contribution is -2.66. The van der Waals surface area contributed by atoms with Crippen LogP contribution in [0.2, 0.25) is 5.04 Å². The van der Waals surface area contributed by atoms with Gasteiger partial charge in [-0.05, 0) is 33.0 Å². The second-order valence-electron chi connectivity index (χ2n) is 12.1. The first-order valence-corrected chi connectivity index (χ1v) is 17.2. The van der Waals surface area contributed by atoms with E-state index in [2.05, 4.69) is 45.0 Å². The summed E-state index contributed by atoms with van der Waals surface area (Å²) < 4.78 is 67.3. The Kier molecular flexibility index (Phi) is 12.0. The van der Waals surface area contributed by atoms with Crippen molar-refractivity contribution in [3.05, 3.63) is 132 Å². The van der Waals surface area contributed by atoms with E-state index >= 15 is 0 Å². The zero-order chi connectivity index (χ0) is 33.1. The number of carbonyl (C=O) groups excluding carboxylic acids is 1. The molecule has 0 aliphatic carbocycles. The first-order chi connectivity index (χ1) is 22.0. The van der Waals surface area contributed by atoms with Gasteiger partial charge in [0.1, 0.15) is 6.61 Å². The molecule has 0 aliphatic heterocycles. The smallest absolute Gasteiger partial charge is 0.430 e. The van der Waals surface area contributed by atoms with Gasteiger partial charge in [-0.15, -0.1) is 0 Å². The molecule has 0 N–H and O–H groups in total. The maximum atomic E-state index is 14.8. The predicted molar refractivity (Wildman–Crippen MR) is 175 cm³/mol. The number of ether oxygens (including phenoxy) is 3. The Bertz CT molecular complexity index is 1440. The largest absolute Gasteiger partial charge is 0.458 e. The van der Waals surface area contributed by atoms with Crippen LogP contribution in [0.15, 0.2) is 121 Å². The third-order valence-corrected chi connectivity index (χ3v) is 12.8. The quantitative estimate of drug-likeness (QED) is 0.0772. The summed E-state index contributed by atoms with van der Waals surface area (Å²) in [4.78, 5) is 13.2. The van der Waals surface area contributed by atoms with Crippen LogP contribution in [-0.4, -0.2) is 45.9 Å². The van der Waals surface area contributed by atoms with Crippen LogP contribution in [0.1, 0.15) is 38.3 Å². The van der Waals surface area contributed by atoms with Crippen molar-refractivity contribution in [1.29, 1.82) is 0 Å². The van der Waals surface area contributed by atoms with Crippen LogP contribution in [0, 0.1) is 0 Å². The van der Waals surface area contributed by atoms with Crippen molar-refractivity contribution < 1.29 is 36.6 Å².